The van der Waals surface area contributed by atoms with Crippen molar-refractivity contribution in [1.29, 1.82) is 0 Å². The number of nitrogens with one attached hydrogen (secondary N) is 1. The number of hydrogen-bond donors (Lipinski definition) is 1. The summed E-state index contributed by atoms with van der Waals surface area (Å²) in [5.41, 5.74) is 0. The first-order valence-corrected chi connectivity index (χ1v) is 7.85. The molecular weight excluding hydrogens is 252 g/mol. The van der Waals surface area contributed by atoms with Crippen LogP contribution in [-0.2, 0) is 11.2 Å². The molecule has 110 valence electrons. The van der Waals surface area contributed by atoms with E-state index in [-0.39, 0.29) is 5.91 Å². The molecule has 1 amide bonds. The van der Waals surface area contributed by atoms with Gasteiger partial charge in [0.25, 0.3) is 0 Å². The van der Waals surface area contributed by atoms with E-state index >= 15 is 0 Å². The van der Waals surface area contributed by atoms with Gasteiger partial charge in [0, 0.05) is 32.0 Å². The second-order valence-electron chi connectivity index (χ2n) is 6.11. The minimum Gasteiger partial charge on any atom is -0.469 e. The van der Waals surface area contributed by atoms with Crippen molar-refractivity contribution in [3.63, 3.8) is 0 Å². The maximum Gasteiger partial charge on any atom is 0.223 e. The number of nitrogens with zero attached hydrogens (tertiary/aromatic N) is 1. The highest BCUT2D eigenvalue weighted by molar-refractivity contribution is 5.76. The van der Waals surface area contributed by atoms with E-state index in [9.17, 15) is 4.79 Å². The van der Waals surface area contributed by atoms with Gasteiger partial charge in [-0.15, -0.1) is 0 Å². The van der Waals surface area contributed by atoms with Gasteiger partial charge in [-0.2, -0.15) is 0 Å². The Morgan fingerprint density at radius 1 is 1.35 bits per heavy atom. The Hall–Kier alpha value is -1.29. The molecule has 0 bridgehead atoms. The maximum atomic E-state index is 12.4. The average Bonchev–Trinajstić information content (AvgIpc) is 2.95. The highest BCUT2D eigenvalue weighted by atomic mass is 16.3. The van der Waals surface area contributed by atoms with E-state index in [1.165, 1.54) is 25.7 Å². The Labute approximate surface area is 120 Å². The summed E-state index contributed by atoms with van der Waals surface area (Å²) < 4.78 is 5.31. The Bertz CT molecular complexity index is 420. The van der Waals surface area contributed by atoms with Gasteiger partial charge in [0.05, 0.1) is 6.26 Å². The molecule has 3 rings (SSSR count). The zero-order valence-corrected chi connectivity index (χ0v) is 12.0. The number of rotatable bonds is 7. The molecule has 1 aromatic rings. The third kappa shape index (κ3) is 3.85. The molecule has 1 aliphatic heterocycles. The molecule has 4 heteroatoms. The van der Waals surface area contributed by atoms with Gasteiger partial charge in [-0.25, -0.2) is 0 Å². The largest absolute Gasteiger partial charge is 0.469 e. The van der Waals surface area contributed by atoms with E-state index < -0.39 is 0 Å². The summed E-state index contributed by atoms with van der Waals surface area (Å²) in [6.07, 6.45) is 7.97. The summed E-state index contributed by atoms with van der Waals surface area (Å²) in [5.74, 6) is 1.94. The topological polar surface area (TPSA) is 45.5 Å². The van der Waals surface area contributed by atoms with Gasteiger partial charge in [-0.3, -0.25) is 4.79 Å². The third-order valence-electron chi connectivity index (χ3n) is 4.30. The standard InChI is InChI=1S/C16H24N2O2/c19-16(8-7-15-4-2-10-20-15)18(11-13-5-6-13)12-14-3-1-9-17-14/h2,4,10,13-14,17H,1,3,5-9,11-12H2. The predicted octanol–water partition coefficient (Wildman–Crippen LogP) is 2.20. The van der Waals surface area contributed by atoms with E-state index in [2.05, 4.69) is 10.2 Å². The van der Waals surface area contributed by atoms with Crippen LogP contribution in [0.3, 0.4) is 0 Å². The van der Waals surface area contributed by atoms with Crippen molar-refractivity contribution in [1.82, 2.24) is 10.2 Å². The van der Waals surface area contributed by atoms with Crippen molar-refractivity contribution >= 4 is 5.91 Å². The van der Waals surface area contributed by atoms with Crippen molar-refractivity contribution < 1.29 is 9.21 Å². The molecule has 1 saturated heterocycles. The Morgan fingerprint density at radius 2 is 2.25 bits per heavy atom. The van der Waals surface area contributed by atoms with E-state index in [4.69, 9.17) is 4.42 Å². The molecule has 2 heterocycles. The molecule has 0 radical (unpaired) electrons. The second-order valence-corrected chi connectivity index (χ2v) is 6.11. The second kappa shape index (κ2) is 6.44. The lowest BCUT2D eigenvalue weighted by Crippen LogP contribution is -2.42. The van der Waals surface area contributed by atoms with Gasteiger partial charge in [0.15, 0.2) is 0 Å². The lowest BCUT2D eigenvalue weighted by atomic mass is 10.1. The van der Waals surface area contributed by atoms with Crippen LogP contribution in [0, 0.1) is 5.92 Å². The van der Waals surface area contributed by atoms with Gasteiger partial charge < -0.3 is 14.6 Å². The highest BCUT2D eigenvalue weighted by Gasteiger charge is 2.28. The third-order valence-corrected chi connectivity index (χ3v) is 4.30. The van der Waals surface area contributed by atoms with Crippen molar-refractivity contribution in [3.05, 3.63) is 24.2 Å². The summed E-state index contributed by atoms with van der Waals surface area (Å²) in [6.45, 7) is 2.94. The van der Waals surface area contributed by atoms with Gasteiger partial charge in [-0.1, -0.05) is 0 Å². The van der Waals surface area contributed by atoms with E-state index in [0.29, 0.717) is 18.9 Å². The van der Waals surface area contributed by atoms with Crippen LogP contribution >= 0.6 is 0 Å². The molecular formula is C16H24N2O2. The first-order chi connectivity index (χ1) is 9.81. The van der Waals surface area contributed by atoms with Gasteiger partial charge in [0.1, 0.15) is 5.76 Å². The van der Waals surface area contributed by atoms with Gasteiger partial charge >= 0.3 is 0 Å². The minimum atomic E-state index is 0.280. The molecule has 4 nitrogen and oxygen atoms in total. The van der Waals surface area contributed by atoms with Gasteiger partial charge in [0.2, 0.25) is 5.91 Å². The highest BCUT2D eigenvalue weighted by Crippen LogP contribution is 2.30. The number of hydrogen-bond acceptors (Lipinski definition) is 3. The van der Waals surface area contributed by atoms with Crippen molar-refractivity contribution in [2.24, 2.45) is 5.92 Å². The van der Waals surface area contributed by atoms with Crippen LogP contribution in [0.1, 0.15) is 37.9 Å². The van der Waals surface area contributed by atoms with Crippen LogP contribution in [0.4, 0.5) is 0 Å². The molecule has 20 heavy (non-hydrogen) atoms. The fraction of sp³-hybridized carbons (Fsp3) is 0.688. The molecule has 1 saturated carbocycles. The molecule has 0 spiro atoms. The maximum absolute atomic E-state index is 12.4. The minimum absolute atomic E-state index is 0.280. The van der Waals surface area contributed by atoms with E-state index in [0.717, 1.165) is 31.3 Å². The number of aryl methyl sites for hydroxylation is 1. The number of amides is 1. The molecule has 0 aromatic carbocycles. The predicted molar refractivity (Wildman–Crippen MR) is 77.4 cm³/mol. The summed E-state index contributed by atoms with van der Waals surface area (Å²) in [7, 11) is 0. The lowest BCUT2D eigenvalue weighted by molar-refractivity contribution is -0.131. The molecule has 1 atom stereocenters. The average molecular weight is 276 g/mol. The summed E-state index contributed by atoms with van der Waals surface area (Å²) in [5, 5.41) is 3.49. The van der Waals surface area contributed by atoms with Crippen molar-refractivity contribution in [2.45, 2.75) is 44.6 Å². The van der Waals surface area contributed by atoms with Crippen LogP contribution in [0.25, 0.3) is 0 Å². The first kappa shape index (κ1) is 13.7. The fourth-order valence-corrected chi connectivity index (χ4v) is 2.91. The Morgan fingerprint density at radius 3 is 2.90 bits per heavy atom. The number of furan rings is 1. The Balaban J connectivity index is 1.51. The fourth-order valence-electron chi connectivity index (χ4n) is 2.91. The quantitative estimate of drug-likeness (QED) is 0.830. The zero-order chi connectivity index (χ0) is 13.8. The first-order valence-electron chi connectivity index (χ1n) is 7.85. The molecule has 1 aliphatic carbocycles. The van der Waals surface area contributed by atoms with Crippen molar-refractivity contribution in [2.75, 3.05) is 19.6 Å². The number of carbonyl (C=O) groups is 1. The van der Waals surface area contributed by atoms with E-state index in [1.807, 2.05) is 12.1 Å². The normalized spacial score (nSPS) is 22.1. The van der Waals surface area contributed by atoms with Crippen LogP contribution in [0.15, 0.2) is 22.8 Å². The molecule has 1 N–H and O–H groups in total. The smallest absolute Gasteiger partial charge is 0.223 e. The van der Waals surface area contributed by atoms with Crippen LogP contribution in [0.2, 0.25) is 0 Å². The Kier molecular flexibility index (Phi) is 4.41. The molecule has 1 aromatic heterocycles. The lowest BCUT2D eigenvalue weighted by Gasteiger charge is -2.26. The summed E-state index contributed by atoms with van der Waals surface area (Å²) >= 11 is 0. The SMILES string of the molecule is O=C(CCc1ccco1)N(CC1CC1)CC1CCCN1. The van der Waals surface area contributed by atoms with Crippen LogP contribution < -0.4 is 5.32 Å². The number of carbonyl (C=O) groups excluding carboxylic acids is 1. The van der Waals surface area contributed by atoms with Crippen LogP contribution in [-0.4, -0.2) is 36.5 Å². The van der Waals surface area contributed by atoms with Gasteiger partial charge in [-0.05, 0) is 50.3 Å². The van der Waals surface area contributed by atoms with Crippen LogP contribution in [0.5, 0.6) is 0 Å². The summed E-state index contributed by atoms with van der Waals surface area (Å²) in [6, 6.07) is 4.32. The van der Waals surface area contributed by atoms with E-state index in [1.54, 1.807) is 6.26 Å². The summed E-state index contributed by atoms with van der Waals surface area (Å²) in [4.78, 5) is 14.5. The monoisotopic (exact) mass is 276 g/mol. The zero-order valence-electron chi connectivity index (χ0n) is 12.0. The molecule has 1 unspecified atom stereocenters. The van der Waals surface area contributed by atoms with Crippen molar-refractivity contribution in [3.8, 4) is 0 Å². The molecule has 2 aliphatic rings. The molecule has 2 fully saturated rings.